The Morgan fingerprint density at radius 2 is 1.74 bits per heavy atom. The van der Waals surface area contributed by atoms with Gasteiger partial charge in [0.2, 0.25) is 26.0 Å². The lowest BCUT2D eigenvalue weighted by Crippen LogP contribution is -2.30. The van der Waals surface area contributed by atoms with Crippen LogP contribution in [0.4, 0.5) is 5.69 Å². The maximum atomic E-state index is 12.5. The number of aryl methyl sites for hydroxylation is 1. The van der Waals surface area contributed by atoms with Crippen molar-refractivity contribution in [3.05, 3.63) is 59.7 Å². The van der Waals surface area contributed by atoms with Gasteiger partial charge in [0.15, 0.2) is 0 Å². The number of nitrogens with one attached hydrogen (secondary N) is 1. The van der Waals surface area contributed by atoms with Gasteiger partial charge in [0.25, 0.3) is 0 Å². The third-order valence-electron chi connectivity index (χ3n) is 4.46. The molecule has 1 aliphatic heterocycles. The van der Waals surface area contributed by atoms with Gasteiger partial charge >= 0.3 is 0 Å². The number of amides is 1. The Balaban J connectivity index is 1.80. The average Bonchev–Trinajstić information content (AvgIpc) is 2.81. The Morgan fingerprint density at radius 1 is 1.11 bits per heavy atom. The molecule has 1 saturated heterocycles. The second-order valence-electron chi connectivity index (χ2n) is 6.53. The molecule has 2 aromatic rings. The number of hydrogen-bond acceptors (Lipinski definition) is 5. The van der Waals surface area contributed by atoms with Crippen LogP contribution in [-0.2, 0) is 31.4 Å². The van der Waals surface area contributed by atoms with Crippen LogP contribution in [0.3, 0.4) is 0 Å². The molecule has 2 aromatic carbocycles. The summed E-state index contributed by atoms with van der Waals surface area (Å²) < 4.78 is 52.5. The highest BCUT2D eigenvalue weighted by Gasteiger charge is 2.41. The van der Waals surface area contributed by atoms with E-state index in [0.717, 1.165) is 15.4 Å². The summed E-state index contributed by atoms with van der Waals surface area (Å²) in [6.45, 7) is 3.59. The van der Waals surface area contributed by atoms with Crippen molar-refractivity contribution in [2.45, 2.75) is 25.3 Å². The maximum absolute atomic E-state index is 12.5. The van der Waals surface area contributed by atoms with Crippen LogP contribution in [0.15, 0.2) is 53.4 Å². The number of benzene rings is 2. The minimum absolute atomic E-state index is 0.00285. The van der Waals surface area contributed by atoms with E-state index in [0.29, 0.717) is 0 Å². The molecule has 27 heavy (non-hydrogen) atoms. The highest BCUT2D eigenvalue weighted by atomic mass is 32.2. The highest BCUT2D eigenvalue weighted by Crippen LogP contribution is 2.29. The maximum Gasteiger partial charge on any atom is 0.244 e. The Kier molecular flexibility index (Phi) is 5.11. The molecule has 1 amide bonds. The molecule has 1 fully saturated rings. The lowest BCUT2D eigenvalue weighted by molar-refractivity contribution is -0.119. The number of hydrogen-bond donors (Lipinski definition) is 1. The number of rotatable bonds is 5. The molecule has 1 atom stereocenters. The fourth-order valence-corrected chi connectivity index (χ4v) is 5.74. The van der Waals surface area contributed by atoms with Crippen molar-refractivity contribution in [2.24, 2.45) is 5.92 Å². The first-order valence-electron chi connectivity index (χ1n) is 8.33. The summed E-state index contributed by atoms with van der Waals surface area (Å²) >= 11 is 0. The Bertz CT molecular complexity index is 1080. The normalized spacial score (nSPS) is 19.4. The Labute approximate surface area is 159 Å². The summed E-state index contributed by atoms with van der Waals surface area (Å²) in [5.74, 6) is -1.37. The smallest absolute Gasteiger partial charge is 0.244 e. The predicted octanol–water partition coefficient (Wildman–Crippen LogP) is 1.79. The van der Waals surface area contributed by atoms with E-state index in [1.165, 1.54) is 24.3 Å². The van der Waals surface area contributed by atoms with Gasteiger partial charge in [-0.1, -0.05) is 31.2 Å². The molecule has 0 aromatic heterocycles. The van der Waals surface area contributed by atoms with Gasteiger partial charge < -0.3 is 0 Å². The van der Waals surface area contributed by atoms with Crippen LogP contribution in [0.2, 0.25) is 0 Å². The molecule has 0 radical (unpaired) electrons. The quantitative estimate of drug-likeness (QED) is 0.813. The highest BCUT2D eigenvalue weighted by molar-refractivity contribution is 7.94. The van der Waals surface area contributed by atoms with Crippen molar-refractivity contribution >= 4 is 31.6 Å². The number of anilines is 1. The third-order valence-corrected chi connectivity index (χ3v) is 7.74. The van der Waals surface area contributed by atoms with Gasteiger partial charge in [-0.2, -0.15) is 0 Å². The summed E-state index contributed by atoms with van der Waals surface area (Å²) in [6, 6.07) is 12.7. The lowest BCUT2D eigenvalue weighted by Gasteiger charge is -2.16. The van der Waals surface area contributed by atoms with Gasteiger partial charge in [0, 0.05) is 6.54 Å². The summed E-state index contributed by atoms with van der Waals surface area (Å²) in [7, 11) is -7.49. The molecular formula is C18H20N2O5S2. The molecule has 3 rings (SSSR count). The van der Waals surface area contributed by atoms with Crippen LogP contribution in [0, 0.1) is 12.8 Å². The molecule has 0 bridgehead atoms. The van der Waals surface area contributed by atoms with Crippen LogP contribution in [0.1, 0.15) is 18.1 Å². The van der Waals surface area contributed by atoms with E-state index >= 15 is 0 Å². The number of carbonyl (C=O) groups excluding carboxylic acids is 1. The second-order valence-corrected chi connectivity index (χ2v) is 10.2. The number of sulfonamides is 2. The van der Waals surface area contributed by atoms with Crippen molar-refractivity contribution in [3.8, 4) is 0 Å². The van der Waals surface area contributed by atoms with Crippen LogP contribution in [-0.4, -0.2) is 28.5 Å². The van der Waals surface area contributed by atoms with Gasteiger partial charge in [-0.05, 0) is 42.3 Å². The largest absolute Gasteiger partial charge is 0.273 e. The average molecular weight is 409 g/mol. The van der Waals surface area contributed by atoms with Gasteiger partial charge in [-0.3, -0.25) is 4.79 Å². The summed E-state index contributed by atoms with van der Waals surface area (Å²) in [4.78, 5) is 12.1. The molecule has 0 saturated carbocycles. The van der Waals surface area contributed by atoms with Gasteiger partial charge in [0.1, 0.15) is 0 Å². The molecule has 9 heteroatoms. The van der Waals surface area contributed by atoms with E-state index < -0.39 is 31.9 Å². The van der Waals surface area contributed by atoms with Crippen LogP contribution in [0.5, 0.6) is 0 Å². The van der Waals surface area contributed by atoms with Gasteiger partial charge in [-0.15, -0.1) is 0 Å². The monoisotopic (exact) mass is 408 g/mol. The van der Waals surface area contributed by atoms with Gasteiger partial charge in [0.05, 0.1) is 22.3 Å². The number of nitrogens with zero attached hydrogens (tertiary/aromatic N) is 1. The summed E-state index contributed by atoms with van der Waals surface area (Å²) in [5.41, 5.74) is 1.98. The lowest BCUT2D eigenvalue weighted by atomic mass is 10.1. The van der Waals surface area contributed by atoms with Crippen molar-refractivity contribution in [3.63, 3.8) is 0 Å². The molecule has 0 aliphatic carbocycles. The standard InChI is InChI=1S/C18H20N2O5S2/c1-13-5-3-4-6-15(13)11-19-27(24,25)17-9-7-16(8-10-17)20-18(21)14(2)12-26(20,22)23/h3-10,14,19H,11-12H2,1-2H3/t14-/m1/s1. The molecule has 7 nitrogen and oxygen atoms in total. The fraction of sp³-hybridized carbons (Fsp3) is 0.278. The van der Waals surface area contributed by atoms with Crippen molar-refractivity contribution in [2.75, 3.05) is 10.1 Å². The van der Waals surface area contributed by atoms with Gasteiger partial charge in [-0.25, -0.2) is 25.9 Å². The van der Waals surface area contributed by atoms with E-state index in [1.807, 2.05) is 31.2 Å². The second kappa shape index (κ2) is 7.06. The topological polar surface area (TPSA) is 101 Å². The summed E-state index contributed by atoms with van der Waals surface area (Å²) in [5, 5.41) is 0. The molecule has 1 N–H and O–H groups in total. The van der Waals surface area contributed by atoms with E-state index in [9.17, 15) is 21.6 Å². The van der Waals surface area contributed by atoms with Crippen molar-refractivity contribution in [1.82, 2.24) is 4.72 Å². The molecule has 0 unspecified atom stereocenters. The Morgan fingerprint density at radius 3 is 2.30 bits per heavy atom. The Hall–Kier alpha value is -2.23. The van der Waals surface area contributed by atoms with E-state index in [2.05, 4.69) is 4.72 Å². The zero-order valence-electron chi connectivity index (χ0n) is 14.9. The van der Waals surface area contributed by atoms with Crippen molar-refractivity contribution in [1.29, 1.82) is 0 Å². The number of carbonyl (C=O) groups is 1. The SMILES string of the molecule is Cc1ccccc1CNS(=O)(=O)c1ccc(N2C(=O)[C@H](C)CS2(=O)=O)cc1. The first-order chi connectivity index (χ1) is 12.6. The van der Waals surface area contributed by atoms with Crippen LogP contribution in [0.25, 0.3) is 0 Å². The van der Waals surface area contributed by atoms with E-state index in [4.69, 9.17) is 0 Å². The third kappa shape index (κ3) is 3.90. The molecule has 0 spiro atoms. The van der Waals surface area contributed by atoms with Crippen molar-refractivity contribution < 1.29 is 21.6 Å². The minimum Gasteiger partial charge on any atom is -0.273 e. The summed E-state index contributed by atoms with van der Waals surface area (Å²) in [6.07, 6.45) is 0. The van der Waals surface area contributed by atoms with E-state index in [1.54, 1.807) is 6.92 Å². The van der Waals surface area contributed by atoms with E-state index in [-0.39, 0.29) is 22.9 Å². The van der Waals surface area contributed by atoms with Crippen LogP contribution < -0.4 is 9.03 Å². The zero-order chi connectivity index (χ0) is 19.8. The first-order valence-corrected chi connectivity index (χ1v) is 11.4. The fourth-order valence-electron chi connectivity index (χ4n) is 2.91. The van der Waals surface area contributed by atoms with Crippen LogP contribution >= 0.6 is 0 Å². The first kappa shape index (κ1) is 19.5. The minimum atomic E-state index is -3.77. The predicted molar refractivity (Wildman–Crippen MR) is 102 cm³/mol. The molecular weight excluding hydrogens is 388 g/mol. The molecule has 1 aliphatic rings. The zero-order valence-corrected chi connectivity index (χ0v) is 16.5. The molecule has 144 valence electrons. The molecule has 1 heterocycles.